The molecule has 2 amide bonds. The van der Waals surface area contributed by atoms with Gasteiger partial charge < -0.3 is 14.5 Å². The molecule has 2 aromatic rings. The molecule has 0 unspecified atom stereocenters. The van der Waals surface area contributed by atoms with E-state index in [1.807, 2.05) is 36.4 Å². The van der Waals surface area contributed by atoms with E-state index >= 15 is 0 Å². The van der Waals surface area contributed by atoms with Crippen LogP contribution in [0.2, 0.25) is 0 Å². The van der Waals surface area contributed by atoms with E-state index in [-0.39, 0.29) is 11.8 Å². The molecule has 136 valence electrons. The summed E-state index contributed by atoms with van der Waals surface area (Å²) in [7, 11) is 1.77. The van der Waals surface area contributed by atoms with Crippen LogP contribution in [0.3, 0.4) is 0 Å². The van der Waals surface area contributed by atoms with E-state index in [1.165, 1.54) is 0 Å². The number of ether oxygens (including phenoxy) is 1. The van der Waals surface area contributed by atoms with E-state index in [4.69, 9.17) is 4.74 Å². The molecule has 0 N–H and O–H groups in total. The van der Waals surface area contributed by atoms with Gasteiger partial charge in [0.1, 0.15) is 12.4 Å². The molecule has 0 radical (unpaired) electrons. The highest BCUT2D eigenvalue weighted by molar-refractivity contribution is 9.10. The van der Waals surface area contributed by atoms with Gasteiger partial charge in [-0.2, -0.15) is 0 Å². The van der Waals surface area contributed by atoms with E-state index in [2.05, 4.69) is 15.9 Å². The lowest BCUT2D eigenvalue weighted by molar-refractivity contribution is -0.116. The zero-order valence-corrected chi connectivity index (χ0v) is 16.5. The van der Waals surface area contributed by atoms with Crippen molar-refractivity contribution in [3.63, 3.8) is 0 Å². The molecule has 6 heteroatoms. The predicted molar refractivity (Wildman–Crippen MR) is 105 cm³/mol. The van der Waals surface area contributed by atoms with Crippen LogP contribution in [-0.4, -0.2) is 43.5 Å². The highest BCUT2D eigenvalue weighted by Gasteiger charge is 2.23. The maximum absolute atomic E-state index is 12.6. The normalized spacial score (nSPS) is 12.7. The number of hydrogen-bond acceptors (Lipinski definition) is 3. The molecule has 1 aliphatic rings. The smallest absolute Gasteiger partial charge is 0.253 e. The molecule has 0 saturated carbocycles. The Morgan fingerprint density at radius 3 is 2.62 bits per heavy atom. The van der Waals surface area contributed by atoms with E-state index in [0.717, 1.165) is 27.9 Å². The van der Waals surface area contributed by atoms with Gasteiger partial charge in [0.05, 0.1) is 6.54 Å². The van der Waals surface area contributed by atoms with E-state index in [0.29, 0.717) is 25.3 Å². The second-order valence-corrected chi connectivity index (χ2v) is 7.21. The Morgan fingerprint density at radius 2 is 1.92 bits per heavy atom. The van der Waals surface area contributed by atoms with Gasteiger partial charge in [-0.1, -0.05) is 15.9 Å². The second-order valence-electron chi connectivity index (χ2n) is 6.29. The average Bonchev–Trinajstić information content (AvgIpc) is 3.06. The van der Waals surface area contributed by atoms with Crippen molar-refractivity contribution in [2.24, 2.45) is 0 Å². The fourth-order valence-electron chi connectivity index (χ4n) is 3.02. The molecule has 0 atom stereocenters. The summed E-state index contributed by atoms with van der Waals surface area (Å²) in [4.78, 5) is 27.7. The van der Waals surface area contributed by atoms with Crippen LogP contribution in [0, 0.1) is 0 Å². The summed E-state index contributed by atoms with van der Waals surface area (Å²) < 4.78 is 6.67. The quantitative estimate of drug-likeness (QED) is 0.748. The van der Waals surface area contributed by atoms with Crippen molar-refractivity contribution in [3.8, 4) is 5.75 Å². The summed E-state index contributed by atoms with van der Waals surface area (Å²) in [6.45, 7) is 3.16. The lowest BCUT2D eigenvalue weighted by Crippen LogP contribution is -2.31. The van der Waals surface area contributed by atoms with Gasteiger partial charge in [-0.25, -0.2) is 0 Å². The third-order valence-corrected chi connectivity index (χ3v) is 4.99. The molecule has 26 heavy (non-hydrogen) atoms. The van der Waals surface area contributed by atoms with E-state index < -0.39 is 0 Å². The fourth-order valence-corrected chi connectivity index (χ4v) is 3.28. The van der Waals surface area contributed by atoms with E-state index in [1.54, 1.807) is 29.8 Å². The number of rotatable bonds is 5. The van der Waals surface area contributed by atoms with Gasteiger partial charge in [-0.15, -0.1) is 0 Å². The van der Waals surface area contributed by atoms with Crippen molar-refractivity contribution >= 4 is 33.4 Å². The number of nitrogens with zero attached hydrogens (tertiary/aromatic N) is 2. The summed E-state index contributed by atoms with van der Waals surface area (Å²) in [6, 6.07) is 13.1. The zero-order chi connectivity index (χ0) is 18.7. The molecule has 3 rings (SSSR count). The van der Waals surface area contributed by atoms with Gasteiger partial charge in [0.25, 0.3) is 5.91 Å². The van der Waals surface area contributed by atoms with Gasteiger partial charge in [-0.05, 0) is 54.4 Å². The lowest BCUT2D eigenvalue weighted by Gasteiger charge is -2.19. The van der Waals surface area contributed by atoms with Gasteiger partial charge >= 0.3 is 0 Å². The molecule has 0 spiro atoms. The molecule has 2 aromatic carbocycles. The van der Waals surface area contributed by atoms with Crippen molar-refractivity contribution in [3.05, 3.63) is 58.1 Å². The highest BCUT2D eigenvalue weighted by atomic mass is 79.9. The second kappa shape index (κ2) is 7.91. The topological polar surface area (TPSA) is 49.9 Å². The molecule has 0 bridgehead atoms. The van der Waals surface area contributed by atoms with Gasteiger partial charge in [0.2, 0.25) is 5.91 Å². The summed E-state index contributed by atoms with van der Waals surface area (Å²) in [6.07, 6.45) is 0.784. The molecule has 1 aliphatic heterocycles. The minimum atomic E-state index is -0.0477. The molecular formula is C20H21BrN2O3. The molecule has 0 fully saturated rings. The van der Waals surface area contributed by atoms with Crippen LogP contribution in [0.25, 0.3) is 0 Å². The van der Waals surface area contributed by atoms with Crippen LogP contribution in [0.5, 0.6) is 5.75 Å². The number of likely N-dealkylation sites (N-methyl/N-ethyl adjacent to an activating group) is 1. The summed E-state index contributed by atoms with van der Waals surface area (Å²) in [5, 5.41) is 0. The Kier molecular flexibility index (Phi) is 5.61. The fraction of sp³-hybridized carbons (Fsp3) is 0.300. The van der Waals surface area contributed by atoms with Crippen molar-refractivity contribution in [2.75, 3.05) is 31.6 Å². The third-order valence-electron chi connectivity index (χ3n) is 4.46. The summed E-state index contributed by atoms with van der Waals surface area (Å²) >= 11 is 3.38. The van der Waals surface area contributed by atoms with Crippen LogP contribution in [0.1, 0.15) is 22.8 Å². The first-order valence-electron chi connectivity index (χ1n) is 8.50. The number of carbonyl (C=O) groups is 2. The minimum Gasteiger partial charge on any atom is -0.492 e. The van der Waals surface area contributed by atoms with Gasteiger partial charge in [0.15, 0.2) is 0 Å². The number of hydrogen-bond donors (Lipinski definition) is 0. The van der Waals surface area contributed by atoms with Gasteiger partial charge in [-0.3, -0.25) is 9.59 Å². The Morgan fingerprint density at radius 1 is 1.19 bits per heavy atom. The van der Waals surface area contributed by atoms with Crippen molar-refractivity contribution in [2.45, 2.75) is 13.3 Å². The average molecular weight is 417 g/mol. The number of halogens is 1. The van der Waals surface area contributed by atoms with Crippen LogP contribution >= 0.6 is 15.9 Å². The first kappa shape index (κ1) is 18.5. The van der Waals surface area contributed by atoms with E-state index in [9.17, 15) is 9.59 Å². The molecule has 0 aromatic heterocycles. The summed E-state index contributed by atoms with van der Waals surface area (Å²) in [5.74, 6) is 0.759. The number of amides is 2. The Balaban J connectivity index is 1.58. The Bertz CT molecular complexity index is 820. The monoisotopic (exact) mass is 416 g/mol. The Labute approximate surface area is 161 Å². The van der Waals surface area contributed by atoms with Crippen LogP contribution in [0.4, 0.5) is 5.69 Å². The largest absolute Gasteiger partial charge is 0.492 e. The van der Waals surface area contributed by atoms with Crippen LogP contribution in [0.15, 0.2) is 46.9 Å². The first-order valence-corrected chi connectivity index (χ1v) is 9.30. The molecule has 0 aliphatic carbocycles. The predicted octanol–water partition coefficient (Wildman–Crippen LogP) is 3.51. The number of anilines is 1. The maximum atomic E-state index is 12.6. The van der Waals surface area contributed by atoms with Gasteiger partial charge in [0, 0.05) is 36.2 Å². The number of benzene rings is 2. The zero-order valence-electron chi connectivity index (χ0n) is 14.9. The maximum Gasteiger partial charge on any atom is 0.253 e. The van der Waals surface area contributed by atoms with Crippen molar-refractivity contribution < 1.29 is 14.3 Å². The SMILES string of the molecule is CC(=O)N1CCc2cc(C(=O)N(C)CCOc3ccc(Br)cc3)ccc21. The minimum absolute atomic E-state index is 0.0324. The Hall–Kier alpha value is -2.34. The number of fused-ring (bicyclic) bond motifs is 1. The number of carbonyl (C=O) groups excluding carboxylic acids is 2. The van der Waals surface area contributed by atoms with Crippen molar-refractivity contribution in [1.82, 2.24) is 4.90 Å². The summed E-state index contributed by atoms with van der Waals surface area (Å²) in [5.41, 5.74) is 2.60. The standard InChI is InChI=1S/C20H21BrN2O3/c1-14(24)23-10-9-15-13-16(3-8-19(15)23)20(25)22(2)11-12-26-18-6-4-17(21)5-7-18/h3-8,13H,9-12H2,1-2H3. The van der Waals surface area contributed by atoms with Crippen LogP contribution in [-0.2, 0) is 11.2 Å². The van der Waals surface area contributed by atoms with Crippen molar-refractivity contribution in [1.29, 1.82) is 0 Å². The lowest BCUT2D eigenvalue weighted by atomic mass is 10.1. The first-order chi connectivity index (χ1) is 12.5. The molecule has 5 nitrogen and oxygen atoms in total. The molecule has 0 saturated heterocycles. The highest BCUT2D eigenvalue weighted by Crippen LogP contribution is 2.29. The van der Waals surface area contributed by atoms with Crippen LogP contribution < -0.4 is 9.64 Å². The third kappa shape index (κ3) is 4.07. The molecule has 1 heterocycles. The molecular weight excluding hydrogens is 396 g/mol.